The molecular formula is C36H41N7O4S. The third kappa shape index (κ3) is 7.66. The molecule has 0 bridgehead atoms. The van der Waals surface area contributed by atoms with E-state index in [0.29, 0.717) is 42.6 Å². The molecule has 5 aromatic rings. The highest BCUT2D eigenvalue weighted by Crippen LogP contribution is 2.29. The molecule has 3 aromatic carbocycles. The Morgan fingerprint density at radius 1 is 0.896 bits per heavy atom. The first-order valence-corrected chi connectivity index (χ1v) is 17.6. The lowest BCUT2D eigenvalue weighted by atomic mass is 9.91. The van der Waals surface area contributed by atoms with Crippen LogP contribution in [-0.4, -0.2) is 51.9 Å². The first-order chi connectivity index (χ1) is 23.0. The quantitative estimate of drug-likeness (QED) is 0.178. The van der Waals surface area contributed by atoms with Gasteiger partial charge < -0.3 is 5.32 Å². The average Bonchev–Trinajstić information content (AvgIpc) is 3.71. The Balaban J connectivity index is 1.03. The first kappa shape index (κ1) is 33.1. The number of aryl methyl sites for hydroxylation is 1. The highest BCUT2D eigenvalue weighted by Gasteiger charge is 2.34. The zero-order chi connectivity index (χ0) is 33.9. The molecule has 1 aliphatic rings. The highest BCUT2D eigenvalue weighted by atomic mass is 32.2. The molecule has 3 heterocycles. The molecule has 12 heteroatoms. The molecule has 0 spiro atoms. The van der Waals surface area contributed by atoms with Gasteiger partial charge in [-0.2, -0.15) is 9.40 Å². The van der Waals surface area contributed by atoms with E-state index in [1.54, 1.807) is 4.68 Å². The van der Waals surface area contributed by atoms with Crippen LogP contribution in [0.1, 0.15) is 61.7 Å². The standard InChI is InChI=1S/C36H41N7O4S/c1-25-10-16-30(17-11-25)43-33(24-32(39-43)36(2,3)4)38-35(44)37-29-14-12-27(13-15-29)22-28-18-20-42(21-19-28)48(45,46)34-31(40-47-41-34)23-26-8-6-5-7-9-26/h5-17,24,28H,18-23H2,1-4H3,(H2,37,38,44). The summed E-state index contributed by atoms with van der Waals surface area (Å²) in [5.74, 6) is 0.912. The Morgan fingerprint density at radius 3 is 2.25 bits per heavy atom. The number of carbonyl (C=O) groups excluding carboxylic acids is 1. The van der Waals surface area contributed by atoms with E-state index in [1.165, 1.54) is 4.31 Å². The molecule has 2 N–H and O–H groups in total. The van der Waals surface area contributed by atoms with Gasteiger partial charge in [0.15, 0.2) is 0 Å². The number of hydrogen-bond acceptors (Lipinski definition) is 7. The van der Waals surface area contributed by atoms with Crippen molar-refractivity contribution in [2.24, 2.45) is 5.92 Å². The normalized spacial score (nSPS) is 14.6. The Bertz CT molecular complexity index is 1960. The van der Waals surface area contributed by atoms with Crippen molar-refractivity contribution in [2.75, 3.05) is 23.7 Å². The number of rotatable bonds is 9. The molecule has 1 fully saturated rings. The number of urea groups is 1. The number of piperidine rings is 1. The Kier molecular flexibility index (Phi) is 9.47. The molecule has 0 unspecified atom stereocenters. The SMILES string of the molecule is Cc1ccc(-n2nc(C(C)(C)C)cc2NC(=O)Nc2ccc(CC3CCN(S(=O)(=O)c4nonc4Cc4ccccc4)CC3)cc2)cc1. The maximum absolute atomic E-state index is 13.4. The maximum Gasteiger partial charge on any atom is 0.324 e. The number of amides is 2. The molecule has 6 rings (SSSR count). The second-order valence-corrected chi connectivity index (χ2v) is 15.3. The van der Waals surface area contributed by atoms with Gasteiger partial charge in [0, 0.05) is 36.7 Å². The van der Waals surface area contributed by atoms with E-state index in [9.17, 15) is 13.2 Å². The predicted octanol–water partition coefficient (Wildman–Crippen LogP) is 6.74. The molecular weight excluding hydrogens is 627 g/mol. The fraction of sp³-hybridized carbons (Fsp3) is 0.333. The minimum atomic E-state index is -3.82. The number of aromatic nitrogens is 4. The van der Waals surface area contributed by atoms with Gasteiger partial charge in [0.25, 0.3) is 10.0 Å². The number of benzene rings is 3. The molecule has 1 saturated heterocycles. The minimum Gasteiger partial charge on any atom is -0.308 e. The summed E-state index contributed by atoms with van der Waals surface area (Å²) in [6.45, 7) is 9.10. The van der Waals surface area contributed by atoms with Crippen molar-refractivity contribution in [3.05, 3.63) is 113 Å². The van der Waals surface area contributed by atoms with Gasteiger partial charge in [0.1, 0.15) is 11.5 Å². The summed E-state index contributed by atoms with van der Waals surface area (Å²) in [6.07, 6.45) is 2.60. The van der Waals surface area contributed by atoms with Gasteiger partial charge >= 0.3 is 6.03 Å². The first-order valence-electron chi connectivity index (χ1n) is 16.2. The molecule has 0 radical (unpaired) electrons. The van der Waals surface area contributed by atoms with E-state index in [-0.39, 0.29) is 16.5 Å². The number of carbonyl (C=O) groups is 1. The largest absolute Gasteiger partial charge is 0.324 e. The van der Waals surface area contributed by atoms with Crippen LogP contribution in [0.2, 0.25) is 0 Å². The molecule has 0 atom stereocenters. The molecule has 1 aliphatic heterocycles. The van der Waals surface area contributed by atoms with Crippen molar-refractivity contribution in [2.45, 2.75) is 63.8 Å². The minimum absolute atomic E-state index is 0.105. The van der Waals surface area contributed by atoms with Crippen LogP contribution in [0, 0.1) is 12.8 Å². The van der Waals surface area contributed by atoms with Gasteiger partial charge in [-0.25, -0.2) is 22.5 Å². The van der Waals surface area contributed by atoms with Gasteiger partial charge in [0.2, 0.25) is 5.03 Å². The maximum atomic E-state index is 13.4. The Labute approximate surface area is 281 Å². The van der Waals surface area contributed by atoms with E-state index in [4.69, 9.17) is 9.73 Å². The van der Waals surface area contributed by atoms with Gasteiger partial charge in [0.05, 0.1) is 11.4 Å². The Morgan fingerprint density at radius 2 is 1.58 bits per heavy atom. The lowest BCUT2D eigenvalue weighted by molar-refractivity contribution is 0.262. The van der Waals surface area contributed by atoms with Crippen molar-refractivity contribution in [1.29, 1.82) is 0 Å². The van der Waals surface area contributed by atoms with Crippen LogP contribution in [-0.2, 0) is 28.3 Å². The topological polar surface area (TPSA) is 135 Å². The molecule has 2 amide bonds. The van der Waals surface area contributed by atoms with Crippen molar-refractivity contribution in [3.63, 3.8) is 0 Å². The lowest BCUT2D eigenvalue weighted by Gasteiger charge is -2.30. The van der Waals surface area contributed by atoms with E-state index < -0.39 is 10.0 Å². The third-order valence-electron chi connectivity index (χ3n) is 8.63. The van der Waals surface area contributed by atoms with Crippen LogP contribution in [0.4, 0.5) is 16.3 Å². The fourth-order valence-corrected chi connectivity index (χ4v) is 7.29. The van der Waals surface area contributed by atoms with Crippen LogP contribution in [0.5, 0.6) is 0 Å². The highest BCUT2D eigenvalue weighted by molar-refractivity contribution is 7.89. The van der Waals surface area contributed by atoms with Crippen LogP contribution >= 0.6 is 0 Å². The summed E-state index contributed by atoms with van der Waals surface area (Å²) >= 11 is 0. The smallest absolute Gasteiger partial charge is 0.308 e. The van der Waals surface area contributed by atoms with Gasteiger partial charge in [-0.1, -0.05) is 86.1 Å². The molecule has 0 aliphatic carbocycles. The zero-order valence-electron chi connectivity index (χ0n) is 27.7. The Hall–Kier alpha value is -4.81. The molecule has 11 nitrogen and oxygen atoms in total. The fourth-order valence-electron chi connectivity index (χ4n) is 5.82. The lowest BCUT2D eigenvalue weighted by Crippen LogP contribution is -2.39. The van der Waals surface area contributed by atoms with Crippen molar-refractivity contribution < 1.29 is 17.8 Å². The van der Waals surface area contributed by atoms with Crippen molar-refractivity contribution in [1.82, 2.24) is 24.4 Å². The zero-order valence-corrected chi connectivity index (χ0v) is 28.5. The second kappa shape index (κ2) is 13.7. The summed E-state index contributed by atoms with van der Waals surface area (Å²) in [4.78, 5) is 13.1. The summed E-state index contributed by atoms with van der Waals surface area (Å²) < 4.78 is 35.0. The molecule has 2 aromatic heterocycles. The van der Waals surface area contributed by atoms with E-state index >= 15 is 0 Å². The van der Waals surface area contributed by atoms with Crippen LogP contribution < -0.4 is 10.6 Å². The van der Waals surface area contributed by atoms with Crippen molar-refractivity contribution >= 4 is 27.6 Å². The number of nitrogens with one attached hydrogen (secondary N) is 2. The van der Waals surface area contributed by atoms with Gasteiger partial charge in [-0.3, -0.25) is 5.32 Å². The van der Waals surface area contributed by atoms with Crippen LogP contribution in [0.15, 0.2) is 94.6 Å². The van der Waals surface area contributed by atoms with Gasteiger partial charge in [-0.05, 0) is 72.7 Å². The van der Waals surface area contributed by atoms with E-state index in [0.717, 1.165) is 47.3 Å². The van der Waals surface area contributed by atoms with Crippen LogP contribution in [0.25, 0.3) is 5.69 Å². The molecule has 0 saturated carbocycles. The average molecular weight is 668 g/mol. The number of hydrogen-bond donors (Lipinski definition) is 2. The van der Waals surface area contributed by atoms with E-state index in [2.05, 4.69) is 41.7 Å². The van der Waals surface area contributed by atoms with Crippen LogP contribution in [0.3, 0.4) is 0 Å². The molecule has 48 heavy (non-hydrogen) atoms. The van der Waals surface area contributed by atoms with E-state index in [1.807, 2.05) is 91.9 Å². The number of nitrogens with zero attached hydrogens (tertiary/aromatic N) is 5. The number of anilines is 2. The predicted molar refractivity (Wildman–Crippen MR) is 185 cm³/mol. The van der Waals surface area contributed by atoms with Crippen molar-refractivity contribution in [3.8, 4) is 5.69 Å². The summed E-state index contributed by atoms with van der Waals surface area (Å²) in [5, 5.41) is 18.2. The third-order valence-corrected chi connectivity index (χ3v) is 10.5. The molecule has 250 valence electrons. The number of sulfonamides is 1. The monoisotopic (exact) mass is 667 g/mol. The summed E-state index contributed by atoms with van der Waals surface area (Å²) in [5.41, 5.74) is 5.73. The summed E-state index contributed by atoms with van der Waals surface area (Å²) in [6, 6.07) is 26.9. The summed E-state index contributed by atoms with van der Waals surface area (Å²) in [7, 11) is -3.82. The second-order valence-electron chi connectivity index (χ2n) is 13.4. The van der Waals surface area contributed by atoms with Gasteiger partial charge in [-0.15, -0.1) is 0 Å².